The first-order valence-corrected chi connectivity index (χ1v) is 11.4. The van der Waals surface area contributed by atoms with Gasteiger partial charge < -0.3 is 5.32 Å². The maximum atomic E-state index is 12.5. The number of carbonyl (C=O) groups is 1. The highest BCUT2D eigenvalue weighted by Crippen LogP contribution is 2.22. The number of sulfonamides is 1. The molecule has 1 fully saturated rings. The molecule has 144 valence electrons. The SMILES string of the molecule is CCc1ccc(NC(=O)CSc2ccc(S(=O)(=O)N3CCCC3)cn2)cc1. The van der Waals surface area contributed by atoms with Crippen molar-refractivity contribution in [3.63, 3.8) is 0 Å². The molecule has 1 aromatic carbocycles. The van der Waals surface area contributed by atoms with Gasteiger partial charge >= 0.3 is 0 Å². The molecule has 27 heavy (non-hydrogen) atoms. The Morgan fingerprint density at radius 3 is 2.44 bits per heavy atom. The number of pyridine rings is 1. The van der Waals surface area contributed by atoms with Crippen LogP contribution in [0.1, 0.15) is 25.3 Å². The molecule has 0 unspecified atom stereocenters. The average Bonchev–Trinajstić information content (AvgIpc) is 3.23. The molecule has 1 aromatic heterocycles. The third kappa shape index (κ3) is 5.09. The van der Waals surface area contributed by atoms with Crippen LogP contribution in [0.4, 0.5) is 5.69 Å². The molecule has 0 aliphatic carbocycles. The van der Waals surface area contributed by atoms with Gasteiger partial charge in [0.05, 0.1) is 10.8 Å². The van der Waals surface area contributed by atoms with E-state index in [0.29, 0.717) is 18.1 Å². The minimum Gasteiger partial charge on any atom is -0.325 e. The number of amides is 1. The van der Waals surface area contributed by atoms with Crippen LogP contribution in [0.15, 0.2) is 52.5 Å². The van der Waals surface area contributed by atoms with Crippen molar-refractivity contribution in [2.45, 2.75) is 36.1 Å². The number of rotatable bonds is 7. The fraction of sp³-hybridized carbons (Fsp3) is 0.368. The van der Waals surface area contributed by atoms with E-state index in [-0.39, 0.29) is 16.6 Å². The van der Waals surface area contributed by atoms with Crippen molar-refractivity contribution in [3.05, 3.63) is 48.2 Å². The van der Waals surface area contributed by atoms with Crippen molar-refractivity contribution in [1.82, 2.24) is 9.29 Å². The summed E-state index contributed by atoms with van der Waals surface area (Å²) in [5.74, 6) is 0.0839. The Bertz CT molecular complexity index is 875. The number of benzene rings is 1. The molecule has 2 aromatic rings. The van der Waals surface area contributed by atoms with Crippen LogP contribution < -0.4 is 5.32 Å². The van der Waals surface area contributed by atoms with Gasteiger partial charge in [-0.1, -0.05) is 30.8 Å². The molecule has 1 amide bonds. The fourth-order valence-corrected chi connectivity index (χ4v) is 4.95. The number of hydrogen-bond acceptors (Lipinski definition) is 5. The predicted molar refractivity (Wildman–Crippen MR) is 107 cm³/mol. The number of nitrogens with zero attached hydrogens (tertiary/aromatic N) is 2. The molecule has 1 N–H and O–H groups in total. The van der Waals surface area contributed by atoms with E-state index in [0.717, 1.165) is 24.9 Å². The third-order valence-electron chi connectivity index (χ3n) is 4.41. The minimum atomic E-state index is -3.45. The number of nitrogens with one attached hydrogen (secondary N) is 1. The second kappa shape index (κ2) is 8.86. The number of anilines is 1. The van der Waals surface area contributed by atoms with Gasteiger partial charge in [-0.2, -0.15) is 4.31 Å². The van der Waals surface area contributed by atoms with Crippen LogP contribution in [0.2, 0.25) is 0 Å². The van der Waals surface area contributed by atoms with E-state index < -0.39 is 10.0 Å². The molecule has 3 rings (SSSR count). The molecule has 8 heteroatoms. The Labute approximate surface area is 164 Å². The van der Waals surface area contributed by atoms with Crippen LogP contribution in [0.3, 0.4) is 0 Å². The Morgan fingerprint density at radius 2 is 1.85 bits per heavy atom. The Morgan fingerprint density at radius 1 is 1.15 bits per heavy atom. The summed E-state index contributed by atoms with van der Waals surface area (Å²) < 4.78 is 26.4. The fourth-order valence-electron chi connectivity index (χ4n) is 2.84. The quantitative estimate of drug-likeness (QED) is 0.716. The second-order valence-corrected chi connectivity index (χ2v) is 9.26. The number of aryl methyl sites for hydroxylation is 1. The van der Waals surface area contributed by atoms with E-state index in [1.165, 1.54) is 27.8 Å². The highest BCUT2D eigenvalue weighted by atomic mass is 32.2. The molecular formula is C19H23N3O3S2. The number of hydrogen-bond donors (Lipinski definition) is 1. The predicted octanol–water partition coefficient (Wildman–Crippen LogP) is 3.16. The zero-order valence-corrected chi connectivity index (χ0v) is 16.9. The van der Waals surface area contributed by atoms with E-state index in [9.17, 15) is 13.2 Å². The van der Waals surface area contributed by atoms with Gasteiger partial charge in [0, 0.05) is 25.0 Å². The maximum absolute atomic E-state index is 12.5. The van der Waals surface area contributed by atoms with Crippen molar-refractivity contribution in [2.75, 3.05) is 24.2 Å². The van der Waals surface area contributed by atoms with Crippen molar-refractivity contribution in [1.29, 1.82) is 0 Å². The molecule has 1 saturated heterocycles. The molecule has 2 heterocycles. The summed E-state index contributed by atoms with van der Waals surface area (Å²) in [6.45, 7) is 3.22. The molecular weight excluding hydrogens is 382 g/mol. The highest BCUT2D eigenvalue weighted by molar-refractivity contribution is 7.99. The summed E-state index contributed by atoms with van der Waals surface area (Å²) in [4.78, 5) is 16.5. The summed E-state index contributed by atoms with van der Waals surface area (Å²) in [5, 5.41) is 3.46. The lowest BCUT2D eigenvalue weighted by Gasteiger charge is -2.15. The topological polar surface area (TPSA) is 79.4 Å². The first-order valence-electron chi connectivity index (χ1n) is 8.97. The van der Waals surface area contributed by atoms with Crippen LogP contribution >= 0.6 is 11.8 Å². The smallest absolute Gasteiger partial charge is 0.244 e. The maximum Gasteiger partial charge on any atom is 0.244 e. The molecule has 1 aliphatic rings. The summed E-state index contributed by atoms with van der Waals surface area (Å²) in [5.41, 5.74) is 1.98. The zero-order chi connectivity index (χ0) is 19.3. The van der Waals surface area contributed by atoms with Crippen molar-refractivity contribution < 1.29 is 13.2 Å². The van der Waals surface area contributed by atoms with Gasteiger partial charge in [-0.05, 0) is 49.1 Å². The lowest BCUT2D eigenvalue weighted by Crippen LogP contribution is -2.27. The van der Waals surface area contributed by atoms with Gasteiger partial charge in [0.15, 0.2) is 0 Å². The van der Waals surface area contributed by atoms with Crippen molar-refractivity contribution in [3.8, 4) is 0 Å². The summed E-state index contributed by atoms with van der Waals surface area (Å²) in [6.07, 6.45) is 4.13. The van der Waals surface area contributed by atoms with Crippen LogP contribution in [0.25, 0.3) is 0 Å². The number of thioether (sulfide) groups is 1. The van der Waals surface area contributed by atoms with Gasteiger partial charge in [-0.25, -0.2) is 13.4 Å². The monoisotopic (exact) mass is 405 g/mol. The van der Waals surface area contributed by atoms with E-state index in [2.05, 4.69) is 17.2 Å². The third-order valence-corrected chi connectivity index (χ3v) is 7.24. The summed E-state index contributed by atoms with van der Waals surface area (Å²) in [6, 6.07) is 11.0. The lowest BCUT2D eigenvalue weighted by molar-refractivity contribution is -0.113. The molecule has 0 radical (unpaired) electrons. The van der Waals surface area contributed by atoms with E-state index in [1.54, 1.807) is 12.1 Å². The van der Waals surface area contributed by atoms with Crippen LogP contribution in [0.5, 0.6) is 0 Å². The van der Waals surface area contributed by atoms with Crippen molar-refractivity contribution >= 4 is 33.4 Å². The van der Waals surface area contributed by atoms with Gasteiger partial charge in [-0.15, -0.1) is 0 Å². The first-order chi connectivity index (χ1) is 13.0. The molecule has 0 bridgehead atoms. The second-order valence-electron chi connectivity index (χ2n) is 6.33. The van der Waals surface area contributed by atoms with Gasteiger partial charge in [0.2, 0.25) is 15.9 Å². The molecule has 0 saturated carbocycles. The molecule has 0 atom stereocenters. The van der Waals surface area contributed by atoms with Gasteiger partial charge in [-0.3, -0.25) is 4.79 Å². The normalized spacial score (nSPS) is 15.0. The lowest BCUT2D eigenvalue weighted by atomic mass is 10.1. The molecule has 0 spiro atoms. The Kier molecular flexibility index (Phi) is 6.51. The van der Waals surface area contributed by atoms with Gasteiger partial charge in [0.1, 0.15) is 4.90 Å². The molecule has 1 aliphatic heterocycles. The average molecular weight is 406 g/mol. The van der Waals surface area contributed by atoms with Crippen LogP contribution in [-0.2, 0) is 21.2 Å². The van der Waals surface area contributed by atoms with E-state index >= 15 is 0 Å². The first kappa shape index (κ1) is 19.9. The van der Waals surface area contributed by atoms with Crippen LogP contribution in [-0.4, -0.2) is 42.5 Å². The van der Waals surface area contributed by atoms with Gasteiger partial charge in [0.25, 0.3) is 0 Å². The number of aromatic nitrogens is 1. The largest absolute Gasteiger partial charge is 0.325 e. The Hall–Kier alpha value is -1.90. The van der Waals surface area contributed by atoms with E-state index in [1.807, 2.05) is 24.3 Å². The minimum absolute atomic E-state index is 0.125. The zero-order valence-electron chi connectivity index (χ0n) is 15.2. The highest BCUT2D eigenvalue weighted by Gasteiger charge is 2.27. The Balaban J connectivity index is 1.54. The summed E-state index contributed by atoms with van der Waals surface area (Å²) >= 11 is 1.28. The van der Waals surface area contributed by atoms with Crippen LogP contribution in [0, 0.1) is 0 Å². The van der Waals surface area contributed by atoms with Crippen molar-refractivity contribution in [2.24, 2.45) is 0 Å². The summed E-state index contributed by atoms with van der Waals surface area (Å²) in [7, 11) is -3.45. The number of carbonyl (C=O) groups excluding carboxylic acids is 1. The van der Waals surface area contributed by atoms with E-state index in [4.69, 9.17) is 0 Å². The molecule has 6 nitrogen and oxygen atoms in total. The standard InChI is InChI=1S/C19H23N3O3S2/c1-2-15-5-7-16(8-6-15)21-18(23)14-26-19-10-9-17(13-20-19)27(24,25)22-11-3-4-12-22/h5-10,13H,2-4,11-12,14H2,1H3,(H,21,23).